The molecule has 3 aliphatic carbocycles. The smallest absolute Gasteiger partial charge is 0.233 e. The third kappa shape index (κ3) is 3.20. The lowest BCUT2D eigenvalue weighted by molar-refractivity contribution is -0.142. The van der Waals surface area contributed by atoms with Crippen LogP contribution in [0.1, 0.15) is 45.1 Å². The van der Waals surface area contributed by atoms with Crippen molar-refractivity contribution in [1.82, 2.24) is 4.90 Å². The average Bonchev–Trinajstić information content (AvgIpc) is 3.08. The van der Waals surface area contributed by atoms with Gasteiger partial charge in [-0.1, -0.05) is 30.7 Å². The van der Waals surface area contributed by atoms with E-state index in [9.17, 15) is 19.2 Å². The van der Waals surface area contributed by atoms with Gasteiger partial charge in [0.05, 0.1) is 23.9 Å². The molecule has 7 nitrogen and oxygen atoms in total. The molecule has 1 N–H and O–H groups in total. The van der Waals surface area contributed by atoms with Crippen LogP contribution in [0.25, 0.3) is 0 Å². The van der Waals surface area contributed by atoms with Crippen molar-refractivity contribution in [2.45, 2.75) is 39.5 Å². The van der Waals surface area contributed by atoms with E-state index in [4.69, 9.17) is 9.84 Å². The van der Waals surface area contributed by atoms with Gasteiger partial charge in [0.25, 0.3) is 0 Å². The molecule has 1 aromatic carbocycles. The zero-order valence-corrected chi connectivity index (χ0v) is 20.5. The van der Waals surface area contributed by atoms with E-state index in [1.165, 1.54) is 11.9 Å². The van der Waals surface area contributed by atoms with Gasteiger partial charge in [-0.3, -0.25) is 24.1 Å². The fourth-order valence-corrected chi connectivity index (χ4v) is 7.04. The molecule has 35 heavy (non-hydrogen) atoms. The Bertz CT molecular complexity index is 1190. The molecular weight excluding hydrogens is 446 g/mol. The zero-order chi connectivity index (χ0) is 25.2. The van der Waals surface area contributed by atoms with Crippen molar-refractivity contribution in [2.24, 2.45) is 29.1 Å². The summed E-state index contributed by atoms with van der Waals surface area (Å²) in [6.45, 7) is 5.42. The summed E-state index contributed by atoms with van der Waals surface area (Å²) in [5, 5.41) is 9.05. The molecule has 0 bridgehead atoms. The minimum atomic E-state index is -0.985. The maximum absolute atomic E-state index is 13.9. The average molecular weight is 478 g/mol. The van der Waals surface area contributed by atoms with Gasteiger partial charge in [-0.05, 0) is 61.4 Å². The van der Waals surface area contributed by atoms with Crippen LogP contribution in [0.5, 0.6) is 5.75 Å². The fraction of sp³-hybridized carbons (Fsp3) is 0.500. The summed E-state index contributed by atoms with van der Waals surface area (Å²) >= 11 is 0. The second-order valence-corrected chi connectivity index (χ2v) is 10.5. The number of hydrogen-bond acceptors (Lipinski definition) is 6. The molecule has 0 radical (unpaired) electrons. The van der Waals surface area contributed by atoms with Crippen molar-refractivity contribution < 1.29 is 29.0 Å². The van der Waals surface area contributed by atoms with Gasteiger partial charge in [-0.25, -0.2) is 0 Å². The fourth-order valence-electron chi connectivity index (χ4n) is 7.04. The van der Waals surface area contributed by atoms with Crippen LogP contribution >= 0.6 is 0 Å². The Balaban J connectivity index is 1.67. The maximum atomic E-state index is 13.9. The second-order valence-electron chi connectivity index (χ2n) is 10.5. The number of likely N-dealkylation sites (tertiary alicyclic amines) is 1. The molecule has 0 spiro atoms. The number of aliphatic hydroxyl groups excluding tert-OH is 1. The van der Waals surface area contributed by atoms with Crippen LogP contribution in [0.4, 0.5) is 0 Å². The molecule has 1 saturated carbocycles. The molecule has 184 valence electrons. The van der Waals surface area contributed by atoms with Gasteiger partial charge in [-0.2, -0.15) is 0 Å². The topological polar surface area (TPSA) is 101 Å². The van der Waals surface area contributed by atoms with E-state index in [1.807, 2.05) is 19.1 Å². The summed E-state index contributed by atoms with van der Waals surface area (Å²) in [7, 11) is 1.53. The molecule has 1 aliphatic heterocycles. The van der Waals surface area contributed by atoms with Crippen LogP contribution in [0.15, 0.2) is 47.1 Å². The third-order valence-corrected chi connectivity index (χ3v) is 8.96. The van der Waals surface area contributed by atoms with E-state index >= 15 is 0 Å². The highest BCUT2D eigenvalue weighted by molar-refractivity contribution is 6.16. The van der Waals surface area contributed by atoms with Crippen molar-refractivity contribution in [3.63, 3.8) is 0 Å². The Morgan fingerprint density at radius 1 is 1.03 bits per heavy atom. The lowest BCUT2D eigenvalue weighted by Crippen LogP contribution is -2.55. The highest BCUT2D eigenvalue weighted by Gasteiger charge is 2.63. The third-order valence-electron chi connectivity index (χ3n) is 8.96. The van der Waals surface area contributed by atoms with Gasteiger partial charge in [0, 0.05) is 18.9 Å². The number of amides is 2. The van der Waals surface area contributed by atoms with Gasteiger partial charge in [0.15, 0.2) is 11.6 Å². The Morgan fingerprint density at radius 3 is 2.37 bits per heavy atom. The maximum Gasteiger partial charge on any atom is 0.233 e. The number of rotatable bonds is 4. The predicted molar refractivity (Wildman–Crippen MR) is 127 cm³/mol. The number of fused-ring (bicyclic) bond motifs is 4. The van der Waals surface area contributed by atoms with E-state index in [1.54, 1.807) is 26.0 Å². The molecule has 0 aromatic heterocycles. The van der Waals surface area contributed by atoms with E-state index in [0.29, 0.717) is 29.7 Å². The van der Waals surface area contributed by atoms with Crippen molar-refractivity contribution in [2.75, 3.05) is 20.3 Å². The number of carbonyl (C=O) groups excluding carboxylic acids is 4. The van der Waals surface area contributed by atoms with Crippen molar-refractivity contribution in [3.05, 3.63) is 52.6 Å². The first-order chi connectivity index (χ1) is 16.6. The largest absolute Gasteiger partial charge is 0.491 e. The second kappa shape index (κ2) is 8.26. The van der Waals surface area contributed by atoms with Crippen LogP contribution in [0.3, 0.4) is 0 Å². The van der Waals surface area contributed by atoms with Gasteiger partial charge < -0.3 is 9.84 Å². The molecule has 1 heterocycles. The lowest BCUT2D eigenvalue weighted by atomic mass is 9.46. The number of aliphatic hydroxyl groups is 1. The summed E-state index contributed by atoms with van der Waals surface area (Å²) in [5.74, 6) is -1.96. The molecule has 2 amide bonds. The molecular formula is C28H31NO6. The molecule has 4 aliphatic rings. The quantitative estimate of drug-likeness (QED) is 0.529. The van der Waals surface area contributed by atoms with E-state index in [-0.39, 0.29) is 42.5 Å². The van der Waals surface area contributed by atoms with Crippen molar-refractivity contribution >= 4 is 23.4 Å². The predicted octanol–water partition coefficient (Wildman–Crippen LogP) is 2.83. The van der Waals surface area contributed by atoms with Crippen LogP contribution in [0.2, 0.25) is 0 Å². The highest BCUT2D eigenvalue weighted by atomic mass is 16.5. The SMILES string of the molecule is CC1=C(C)C(=O)[C@@]2(C)[C@@H](c3ccc(OCCO)cc3)C3=CC[C@@H]4C(=O)N(C)C(=O)[C@@H]4[C@@H]3C[C@H]2C1=O. The number of nitrogens with zero attached hydrogens (tertiary/aromatic N) is 1. The van der Waals surface area contributed by atoms with E-state index < -0.39 is 29.1 Å². The Hall–Kier alpha value is -3.06. The number of ketones is 2. The zero-order valence-electron chi connectivity index (χ0n) is 20.5. The van der Waals surface area contributed by atoms with E-state index in [2.05, 4.69) is 6.08 Å². The van der Waals surface area contributed by atoms with Gasteiger partial charge in [0.1, 0.15) is 12.4 Å². The summed E-state index contributed by atoms with van der Waals surface area (Å²) in [6, 6.07) is 7.42. The Morgan fingerprint density at radius 2 is 1.71 bits per heavy atom. The first-order valence-electron chi connectivity index (χ1n) is 12.2. The van der Waals surface area contributed by atoms with Crippen LogP contribution in [0, 0.1) is 29.1 Å². The number of Topliss-reactive ketones (excluding diaryl/α,β-unsaturated/α-hetero) is 2. The minimum absolute atomic E-state index is 0.0300. The van der Waals surface area contributed by atoms with Crippen LogP contribution in [-0.4, -0.2) is 53.6 Å². The van der Waals surface area contributed by atoms with Crippen molar-refractivity contribution in [3.8, 4) is 5.75 Å². The van der Waals surface area contributed by atoms with Crippen LogP contribution in [-0.2, 0) is 19.2 Å². The van der Waals surface area contributed by atoms with Gasteiger partial charge >= 0.3 is 0 Å². The lowest BCUT2D eigenvalue weighted by Gasteiger charge is -2.54. The number of imide groups is 1. The monoisotopic (exact) mass is 477 g/mol. The minimum Gasteiger partial charge on any atom is -0.491 e. The molecule has 2 fully saturated rings. The number of carbonyl (C=O) groups is 4. The molecule has 0 unspecified atom stereocenters. The molecule has 1 aromatic rings. The summed E-state index contributed by atoms with van der Waals surface area (Å²) in [5.41, 5.74) is 1.87. The number of hydrogen-bond donors (Lipinski definition) is 1. The van der Waals surface area contributed by atoms with Gasteiger partial charge in [0.2, 0.25) is 11.8 Å². The standard InChI is InChI=1S/C28H31NO6/c1-14-15(2)25(32)28(3)21(24(14)31)13-20-18(9-10-19-22(20)27(34)29(4)26(19)33)23(28)16-5-7-17(8-6-16)35-12-11-30/h5-9,19-23,30H,10-13H2,1-4H3/t19-,20+,21-,22-,23-,28+/m0/s1. The molecule has 7 heteroatoms. The Kier molecular flexibility index (Phi) is 5.59. The van der Waals surface area contributed by atoms with Gasteiger partial charge in [-0.15, -0.1) is 0 Å². The van der Waals surface area contributed by atoms with E-state index in [0.717, 1.165) is 11.1 Å². The number of ether oxygens (including phenoxy) is 1. The molecule has 1 saturated heterocycles. The normalized spacial score (nSPS) is 34.5. The first-order valence-corrected chi connectivity index (χ1v) is 12.2. The van der Waals surface area contributed by atoms with Crippen LogP contribution < -0.4 is 4.74 Å². The first kappa shape index (κ1) is 23.7. The summed E-state index contributed by atoms with van der Waals surface area (Å²) in [4.78, 5) is 54.7. The summed E-state index contributed by atoms with van der Waals surface area (Å²) in [6.07, 6.45) is 2.90. The number of benzene rings is 1. The Labute approximate surface area is 204 Å². The molecule has 5 rings (SSSR count). The highest BCUT2D eigenvalue weighted by Crippen LogP contribution is 2.62. The molecule has 6 atom stereocenters. The summed E-state index contributed by atoms with van der Waals surface area (Å²) < 4.78 is 5.52. The number of allylic oxidation sites excluding steroid dienone is 4. The van der Waals surface area contributed by atoms with Crippen molar-refractivity contribution in [1.29, 1.82) is 0 Å².